The molecule has 0 radical (unpaired) electrons. The minimum atomic E-state index is -0.803. The molecule has 3 rings (SSSR count). The zero-order valence-electron chi connectivity index (χ0n) is 17.1. The number of benzene rings is 1. The van der Waals surface area contributed by atoms with Gasteiger partial charge in [0.15, 0.2) is 11.6 Å². The van der Waals surface area contributed by atoms with Crippen LogP contribution in [-0.2, 0) is 9.53 Å². The molecule has 0 saturated carbocycles. The van der Waals surface area contributed by atoms with E-state index >= 15 is 0 Å². The smallest absolute Gasteiger partial charge is 0.414 e. The molecule has 1 aromatic carbocycles. The fourth-order valence-corrected chi connectivity index (χ4v) is 3.49. The predicted molar refractivity (Wildman–Crippen MR) is 105 cm³/mol. The number of rotatable bonds is 5. The molecule has 30 heavy (non-hydrogen) atoms. The molecular formula is C19H25F2N5O4. The highest BCUT2D eigenvalue weighted by Crippen LogP contribution is 2.32. The third kappa shape index (κ3) is 4.71. The van der Waals surface area contributed by atoms with Gasteiger partial charge in [0, 0.05) is 52.3 Å². The van der Waals surface area contributed by atoms with Gasteiger partial charge in [-0.2, -0.15) is 0 Å². The maximum Gasteiger partial charge on any atom is 0.414 e. The number of carbonyl (C=O) groups is 3. The highest BCUT2D eigenvalue weighted by molar-refractivity contribution is 5.90. The normalized spacial score (nSPS) is 20.9. The van der Waals surface area contributed by atoms with Crippen LogP contribution in [0.3, 0.4) is 0 Å². The second-order valence-corrected chi connectivity index (χ2v) is 7.59. The third-order valence-electron chi connectivity index (χ3n) is 5.00. The Morgan fingerprint density at radius 3 is 2.50 bits per heavy atom. The number of urea groups is 1. The highest BCUT2D eigenvalue weighted by atomic mass is 19.1. The fraction of sp³-hybridized carbons (Fsp3) is 0.526. The van der Waals surface area contributed by atoms with E-state index in [-0.39, 0.29) is 49.0 Å². The summed E-state index contributed by atoms with van der Waals surface area (Å²) in [6, 6.07) is 1.69. The van der Waals surface area contributed by atoms with E-state index in [4.69, 9.17) is 4.74 Å². The van der Waals surface area contributed by atoms with Crippen LogP contribution in [0.1, 0.15) is 13.3 Å². The standard InChI is InChI=1S/C19H25F2N5O4/c1-11(27)22-8-14-10-26(19(29)30-14)13-6-15(20)17(16(21)7-13)25-5-4-12(9-25)23-18(28)24(2)3/h6-7,12,14H,4-5,8-10H2,1-3H3,(H,22,27)(H,23,28)/t12-,14-/m0/s1. The molecule has 164 valence electrons. The zero-order valence-corrected chi connectivity index (χ0v) is 17.1. The van der Waals surface area contributed by atoms with Crippen molar-refractivity contribution in [2.75, 3.05) is 50.1 Å². The number of carbonyl (C=O) groups excluding carboxylic acids is 3. The van der Waals surface area contributed by atoms with Gasteiger partial charge in [-0.25, -0.2) is 18.4 Å². The number of anilines is 2. The van der Waals surface area contributed by atoms with Gasteiger partial charge in [-0.1, -0.05) is 0 Å². The molecule has 4 amide bonds. The summed E-state index contributed by atoms with van der Waals surface area (Å²) in [5.41, 5.74) is -0.150. The molecule has 2 aliphatic heterocycles. The highest BCUT2D eigenvalue weighted by Gasteiger charge is 2.34. The summed E-state index contributed by atoms with van der Waals surface area (Å²) in [6.07, 6.45) is -0.778. The first kappa shape index (κ1) is 21.6. The van der Waals surface area contributed by atoms with Gasteiger partial charge in [0.2, 0.25) is 5.91 Å². The van der Waals surface area contributed by atoms with Crippen LogP contribution in [0.5, 0.6) is 0 Å². The van der Waals surface area contributed by atoms with Gasteiger partial charge >= 0.3 is 12.1 Å². The van der Waals surface area contributed by atoms with Gasteiger partial charge < -0.3 is 25.2 Å². The Morgan fingerprint density at radius 2 is 1.90 bits per heavy atom. The van der Waals surface area contributed by atoms with Crippen LogP contribution in [-0.4, -0.2) is 75.4 Å². The maximum atomic E-state index is 14.8. The first-order chi connectivity index (χ1) is 14.2. The average molecular weight is 425 g/mol. The van der Waals surface area contributed by atoms with Gasteiger partial charge in [0.25, 0.3) is 0 Å². The van der Waals surface area contributed by atoms with E-state index in [2.05, 4.69) is 10.6 Å². The number of halogens is 2. The lowest BCUT2D eigenvalue weighted by Crippen LogP contribution is -2.42. The molecule has 2 N–H and O–H groups in total. The molecule has 0 spiro atoms. The summed E-state index contributed by atoms with van der Waals surface area (Å²) in [7, 11) is 3.23. The number of cyclic esters (lactones) is 1. The molecular weight excluding hydrogens is 400 g/mol. The Bertz CT molecular complexity index is 827. The lowest BCUT2D eigenvalue weighted by atomic mass is 10.2. The van der Waals surface area contributed by atoms with Crippen molar-refractivity contribution in [2.45, 2.75) is 25.5 Å². The summed E-state index contributed by atoms with van der Waals surface area (Å²) in [5, 5.41) is 5.35. The van der Waals surface area contributed by atoms with Crippen LogP contribution < -0.4 is 20.4 Å². The molecule has 0 aromatic heterocycles. The van der Waals surface area contributed by atoms with Crippen molar-refractivity contribution in [1.29, 1.82) is 0 Å². The van der Waals surface area contributed by atoms with Crippen LogP contribution in [0.4, 0.5) is 29.7 Å². The molecule has 9 nitrogen and oxygen atoms in total. The van der Waals surface area contributed by atoms with Crippen LogP contribution in [0, 0.1) is 11.6 Å². The van der Waals surface area contributed by atoms with Gasteiger partial charge in [-0.15, -0.1) is 0 Å². The molecule has 0 unspecified atom stereocenters. The summed E-state index contributed by atoms with van der Waals surface area (Å²) in [5.74, 6) is -1.87. The van der Waals surface area contributed by atoms with Crippen LogP contribution in [0.2, 0.25) is 0 Å². The van der Waals surface area contributed by atoms with E-state index in [1.54, 1.807) is 14.1 Å². The number of ether oxygens (including phenoxy) is 1. The number of hydrogen-bond donors (Lipinski definition) is 2. The van der Waals surface area contributed by atoms with Crippen LogP contribution in [0.15, 0.2) is 12.1 Å². The molecule has 1 aromatic rings. The molecule has 2 atom stereocenters. The lowest BCUT2D eigenvalue weighted by molar-refractivity contribution is -0.119. The lowest BCUT2D eigenvalue weighted by Gasteiger charge is -2.22. The Labute approximate surface area is 172 Å². The topological polar surface area (TPSA) is 94.2 Å². The van der Waals surface area contributed by atoms with Gasteiger partial charge in [0.1, 0.15) is 11.8 Å². The first-order valence-electron chi connectivity index (χ1n) is 9.60. The number of hydrogen-bond acceptors (Lipinski definition) is 5. The molecule has 2 heterocycles. The summed E-state index contributed by atoms with van der Waals surface area (Å²) in [6.45, 7) is 2.19. The Morgan fingerprint density at radius 1 is 1.23 bits per heavy atom. The maximum absolute atomic E-state index is 14.8. The molecule has 2 saturated heterocycles. The van der Waals surface area contributed by atoms with E-state index in [0.29, 0.717) is 13.0 Å². The predicted octanol–water partition coefficient (Wildman–Crippen LogP) is 1.28. The van der Waals surface area contributed by atoms with Crippen molar-refractivity contribution in [3.8, 4) is 0 Å². The van der Waals surface area contributed by atoms with Crippen molar-refractivity contribution >= 4 is 29.4 Å². The van der Waals surface area contributed by atoms with Crippen LogP contribution >= 0.6 is 0 Å². The fourth-order valence-electron chi connectivity index (χ4n) is 3.49. The van der Waals surface area contributed by atoms with Crippen molar-refractivity contribution < 1.29 is 27.9 Å². The van der Waals surface area contributed by atoms with Crippen LogP contribution in [0.25, 0.3) is 0 Å². The van der Waals surface area contributed by atoms with Gasteiger partial charge in [-0.3, -0.25) is 9.69 Å². The Balaban J connectivity index is 1.70. The van der Waals surface area contributed by atoms with Crippen molar-refractivity contribution in [2.24, 2.45) is 0 Å². The SMILES string of the molecule is CC(=O)NC[C@H]1CN(c2cc(F)c(N3CC[C@H](NC(=O)N(C)C)C3)c(F)c2)C(=O)O1. The molecule has 2 aliphatic rings. The van der Waals surface area contributed by atoms with E-state index < -0.39 is 23.8 Å². The Kier molecular flexibility index (Phi) is 6.28. The first-order valence-corrected chi connectivity index (χ1v) is 9.60. The summed E-state index contributed by atoms with van der Waals surface area (Å²) >= 11 is 0. The largest absolute Gasteiger partial charge is 0.442 e. The summed E-state index contributed by atoms with van der Waals surface area (Å²) < 4.78 is 34.7. The second kappa shape index (κ2) is 8.72. The quantitative estimate of drug-likeness (QED) is 0.741. The van der Waals surface area contributed by atoms with E-state index in [1.807, 2.05) is 0 Å². The molecule has 0 aliphatic carbocycles. The Hall–Kier alpha value is -3.11. The molecule has 2 fully saturated rings. The van der Waals surface area contributed by atoms with Crippen molar-refractivity contribution in [3.63, 3.8) is 0 Å². The van der Waals surface area contributed by atoms with E-state index in [0.717, 1.165) is 17.0 Å². The minimum Gasteiger partial charge on any atom is -0.442 e. The van der Waals surface area contributed by atoms with Crippen molar-refractivity contribution in [3.05, 3.63) is 23.8 Å². The van der Waals surface area contributed by atoms with Crippen molar-refractivity contribution in [1.82, 2.24) is 15.5 Å². The van der Waals surface area contributed by atoms with E-state index in [9.17, 15) is 23.2 Å². The second-order valence-electron chi connectivity index (χ2n) is 7.59. The van der Waals surface area contributed by atoms with E-state index in [1.165, 1.54) is 16.7 Å². The summed E-state index contributed by atoms with van der Waals surface area (Å²) in [4.78, 5) is 38.9. The van der Waals surface area contributed by atoms with Gasteiger partial charge in [0.05, 0.1) is 18.8 Å². The number of amides is 4. The minimum absolute atomic E-state index is 0.0423. The average Bonchev–Trinajstić information content (AvgIpc) is 3.25. The number of nitrogens with one attached hydrogen (secondary N) is 2. The number of nitrogens with zero attached hydrogens (tertiary/aromatic N) is 3. The molecule has 11 heteroatoms. The zero-order chi connectivity index (χ0) is 22.0. The monoisotopic (exact) mass is 425 g/mol. The third-order valence-corrected chi connectivity index (χ3v) is 5.00. The molecule has 0 bridgehead atoms. The van der Waals surface area contributed by atoms with Gasteiger partial charge in [-0.05, 0) is 6.42 Å².